The molecule has 1 aliphatic heterocycles. The number of hydrazone groups is 1. The van der Waals surface area contributed by atoms with E-state index in [0.717, 1.165) is 36.0 Å². The molecule has 0 spiro atoms. The summed E-state index contributed by atoms with van der Waals surface area (Å²) in [5.41, 5.74) is -0.801. The van der Waals surface area contributed by atoms with Crippen LogP contribution in [-0.4, -0.2) is 37.9 Å². The predicted molar refractivity (Wildman–Crippen MR) is 116 cm³/mol. The molecule has 4 atom stereocenters. The van der Waals surface area contributed by atoms with Gasteiger partial charge in [-0.25, -0.2) is 4.98 Å². The average molecular weight is 484 g/mol. The van der Waals surface area contributed by atoms with Gasteiger partial charge in [0, 0.05) is 28.8 Å². The number of halogens is 1. The molecule has 0 radical (unpaired) electrons. The summed E-state index contributed by atoms with van der Waals surface area (Å²) in [6.07, 6.45) is 6.70. The van der Waals surface area contributed by atoms with Gasteiger partial charge in [-0.05, 0) is 24.3 Å². The number of rotatable bonds is 6. The first kappa shape index (κ1) is 21.6. The zero-order valence-corrected chi connectivity index (χ0v) is 17.9. The normalized spacial score (nSPS) is 24.8. The summed E-state index contributed by atoms with van der Waals surface area (Å²) in [6.45, 7) is 0. The number of fused-ring (bicyclic) bond motifs is 5. The largest absolute Gasteiger partial charge is 0.431 e. The zero-order chi connectivity index (χ0) is 24.1. The Morgan fingerprint density at radius 3 is 2.32 bits per heavy atom. The monoisotopic (exact) mass is 483 g/mol. The molecule has 2 bridgehead atoms. The van der Waals surface area contributed by atoms with Gasteiger partial charge in [0.05, 0.1) is 27.9 Å². The molecular weight excluding hydrogens is 470 g/mol. The van der Waals surface area contributed by atoms with Gasteiger partial charge in [-0.15, -0.1) is 0 Å². The Balaban J connectivity index is 1.48. The van der Waals surface area contributed by atoms with Gasteiger partial charge in [0.25, 0.3) is 17.5 Å². The van der Waals surface area contributed by atoms with Crippen LogP contribution in [-0.2, 0) is 9.59 Å². The van der Waals surface area contributed by atoms with Gasteiger partial charge < -0.3 is 4.74 Å². The maximum Gasteiger partial charge on any atom is 0.313 e. The van der Waals surface area contributed by atoms with Gasteiger partial charge in [-0.3, -0.25) is 29.8 Å². The number of ether oxygens (including phenoxy) is 1. The minimum absolute atomic E-state index is 0.00431. The van der Waals surface area contributed by atoms with Crippen LogP contribution in [0.1, 0.15) is 12.0 Å². The summed E-state index contributed by atoms with van der Waals surface area (Å²) in [6, 6.07) is 4.67. The average Bonchev–Trinajstić information content (AvgIpc) is 3.48. The second-order valence-corrected chi connectivity index (χ2v) is 8.48. The van der Waals surface area contributed by atoms with E-state index in [1.807, 2.05) is 12.2 Å². The summed E-state index contributed by atoms with van der Waals surface area (Å²) in [5, 5.41) is 27.3. The molecule has 5 rings (SSSR count). The highest BCUT2D eigenvalue weighted by Gasteiger charge is 2.59. The number of nitro groups is 2. The first-order valence-electron chi connectivity index (χ1n) is 10.1. The summed E-state index contributed by atoms with van der Waals surface area (Å²) < 4.78 is 5.56. The number of pyridine rings is 1. The van der Waals surface area contributed by atoms with Crippen molar-refractivity contribution >= 4 is 41.0 Å². The molecule has 1 saturated heterocycles. The molecule has 0 unspecified atom stereocenters. The van der Waals surface area contributed by atoms with E-state index in [9.17, 15) is 29.8 Å². The van der Waals surface area contributed by atoms with Gasteiger partial charge in [-0.1, -0.05) is 23.8 Å². The number of benzene rings is 1. The van der Waals surface area contributed by atoms with E-state index < -0.39 is 39.2 Å². The zero-order valence-electron chi connectivity index (χ0n) is 17.1. The number of amides is 2. The minimum atomic E-state index is -0.732. The molecule has 1 aromatic heterocycles. The third-order valence-electron chi connectivity index (χ3n) is 6.16. The second kappa shape index (κ2) is 7.99. The Morgan fingerprint density at radius 2 is 1.76 bits per heavy atom. The molecule has 12 nitrogen and oxygen atoms in total. The quantitative estimate of drug-likeness (QED) is 0.198. The van der Waals surface area contributed by atoms with Crippen molar-refractivity contribution in [1.29, 1.82) is 0 Å². The van der Waals surface area contributed by atoms with Crippen molar-refractivity contribution in [3.05, 3.63) is 73.4 Å². The van der Waals surface area contributed by atoms with Crippen molar-refractivity contribution in [3.63, 3.8) is 0 Å². The number of aromatic nitrogens is 1. The molecule has 2 aliphatic carbocycles. The predicted octanol–water partition coefficient (Wildman–Crippen LogP) is 3.48. The second-order valence-electron chi connectivity index (χ2n) is 8.05. The molecular formula is C21H14ClN5O7. The molecule has 34 heavy (non-hydrogen) atoms. The van der Waals surface area contributed by atoms with E-state index in [1.54, 1.807) is 0 Å². The summed E-state index contributed by atoms with van der Waals surface area (Å²) >= 11 is 6.03. The van der Waals surface area contributed by atoms with Gasteiger partial charge in [-0.2, -0.15) is 10.1 Å². The van der Waals surface area contributed by atoms with Crippen molar-refractivity contribution in [2.75, 3.05) is 0 Å². The van der Waals surface area contributed by atoms with E-state index in [4.69, 9.17) is 16.3 Å². The van der Waals surface area contributed by atoms with E-state index in [1.165, 1.54) is 12.1 Å². The third-order valence-corrected chi connectivity index (χ3v) is 6.38. The maximum atomic E-state index is 12.8. The number of hydrogen-bond donors (Lipinski definition) is 0. The smallest absolute Gasteiger partial charge is 0.313 e. The number of imide groups is 1. The molecule has 13 heteroatoms. The van der Waals surface area contributed by atoms with Crippen LogP contribution in [0.25, 0.3) is 0 Å². The number of carbonyl (C=O) groups is 2. The molecule has 1 saturated carbocycles. The molecule has 3 aliphatic rings. The van der Waals surface area contributed by atoms with Crippen molar-refractivity contribution in [1.82, 2.24) is 9.99 Å². The highest BCUT2D eigenvalue weighted by atomic mass is 35.5. The summed E-state index contributed by atoms with van der Waals surface area (Å²) in [5.74, 6) is -2.19. The van der Waals surface area contributed by atoms with Gasteiger partial charge >= 0.3 is 5.69 Å². The first-order chi connectivity index (χ1) is 16.2. The number of allylic oxidation sites excluding steroid dienone is 2. The lowest BCUT2D eigenvalue weighted by atomic mass is 9.85. The summed E-state index contributed by atoms with van der Waals surface area (Å²) in [4.78, 5) is 50.5. The topological polar surface area (TPSA) is 158 Å². The van der Waals surface area contributed by atoms with Crippen molar-refractivity contribution in [2.24, 2.45) is 28.8 Å². The number of hydrogen-bond acceptors (Lipinski definition) is 9. The SMILES string of the molecule is O=C1[C@@H]2[C@H](C(=O)N1N=Cc1cc(Cl)cc([N+](=O)[O-])c1Oc1ccc([N+](=O)[O-])cn1)[C@H]1C=C[C@H]2C1. The van der Waals surface area contributed by atoms with Gasteiger partial charge in [0.2, 0.25) is 11.6 Å². The van der Waals surface area contributed by atoms with E-state index >= 15 is 0 Å². The highest BCUT2D eigenvalue weighted by molar-refractivity contribution is 6.31. The minimum Gasteiger partial charge on any atom is -0.431 e. The van der Waals surface area contributed by atoms with Gasteiger partial charge in [0.1, 0.15) is 6.20 Å². The Bertz CT molecular complexity index is 1280. The van der Waals surface area contributed by atoms with Crippen LogP contribution in [0.15, 0.2) is 47.7 Å². The first-order valence-corrected chi connectivity index (χ1v) is 10.5. The molecule has 2 fully saturated rings. The Hall–Kier alpha value is -4.19. The van der Waals surface area contributed by atoms with E-state index in [0.29, 0.717) is 0 Å². The molecule has 2 amide bonds. The molecule has 0 N–H and O–H groups in total. The molecule has 172 valence electrons. The van der Waals surface area contributed by atoms with Crippen LogP contribution in [0.5, 0.6) is 11.6 Å². The lowest BCUT2D eigenvalue weighted by Crippen LogP contribution is -2.28. The fourth-order valence-corrected chi connectivity index (χ4v) is 4.93. The maximum absolute atomic E-state index is 12.8. The van der Waals surface area contributed by atoms with Crippen LogP contribution >= 0.6 is 11.6 Å². The van der Waals surface area contributed by atoms with Crippen LogP contribution < -0.4 is 4.74 Å². The lowest BCUT2D eigenvalue weighted by molar-refractivity contribution is -0.385. The Kier molecular flexibility index (Phi) is 5.09. The van der Waals surface area contributed by atoms with Crippen molar-refractivity contribution in [2.45, 2.75) is 6.42 Å². The molecule has 1 aromatic carbocycles. The van der Waals surface area contributed by atoms with Crippen LogP contribution in [0.3, 0.4) is 0 Å². The van der Waals surface area contributed by atoms with Gasteiger partial charge in [0.15, 0.2) is 0 Å². The van der Waals surface area contributed by atoms with E-state index in [2.05, 4.69) is 10.1 Å². The fourth-order valence-electron chi connectivity index (χ4n) is 4.71. The molecule has 2 heterocycles. The number of nitro benzene ring substituents is 1. The van der Waals surface area contributed by atoms with Crippen molar-refractivity contribution in [3.8, 4) is 11.6 Å². The third kappa shape index (κ3) is 3.48. The number of carbonyl (C=O) groups excluding carboxylic acids is 2. The van der Waals surface area contributed by atoms with Crippen molar-refractivity contribution < 1.29 is 24.2 Å². The molecule has 2 aromatic rings. The fraction of sp³-hybridized carbons (Fsp3) is 0.238. The van der Waals surface area contributed by atoms with Crippen LogP contribution in [0.4, 0.5) is 11.4 Å². The lowest BCUT2D eigenvalue weighted by Gasteiger charge is -2.13. The van der Waals surface area contributed by atoms with Crippen LogP contribution in [0, 0.1) is 43.9 Å². The van der Waals surface area contributed by atoms with E-state index in [-0.39, 0.29) is 39.7 Å². The Labute approximate surface area is 195 Å². The standard InChI is InChI=1S/C21H14ClN5O7/c22-13-6-12(8-24-25-20(28)17-10-1-2-11(5-10)18(17)21(25)29)19(15(7-13)27(32)33)34-16-4-3-14(9-23-16)26(30)31/h1-4,6-11,17-18H,5H2/t10-,11-,17-,18+/m0/s1. The number of nitrogens with zero attached hydrogens (tertiary/aromatic N) is 5. The summed E-state index contributed by atoms with van der Waals surface area (Å²) in [7, 11) is 0. The van der Waals surface area contributed by atoms with Crippen LogP contribution in [0.2, 0.25) is 5.02 Å². The Morgan fingerprint density at radius 1 is 1.09 bits per heavy atom. The highest BCUT2D eigenvalue weighted by Crippen LogP contribution is 2.52.